The van der Waals surface area contributed by atoms with Crippen LogP contribution < -0.4 is 5.32 Å². The molecule has 2 fully saturated rings. The van der Waals surface area contributed by atoms with Crippen LogP contribution in [0.2, 0.25) is 0 Å². The molecule has 0 radical (unpaired) electrons. The predicted molar refractivity (Wildman–Crippen MR) is 92.9 cm³/mol. The van der Waals surface area contributed by atoms with E-state index in [-0.39, 0.29) is 23.8 Å². The predicted octanol–water partition coefficient (Wildman–Crippen LogP) is 3.35. The second-order valence-electron chi connectivity index (χ2n) is 8.44. The average Bonchev–Trinajstić information content (AvgIpc) is 2.90. The molecule has 0 aromatic rings. The van der Waals surface area contributed by atoms with E-state index < -0.39 is 0 Å². The Hall–Kier alpha value is -1.06. The van der Waals surface area contributed by atoms with Gasteiger partial charge in [0.25, 0.3) is 0 Å². The first-order valence-electron chi connectivity index (χ1n) is 9.34. The van der Waals surface area contributed by atoms with Gasteiger partial charge in [-0.2, -0.15) is 0 Å². The van der Waals surface area contributed by atoms with Crippen LogP contribution in [0, 0.1) is 17.3 Å². The first-order chi connectivity index (χ1) is 10.7. The maximum Gasteiger partial charge on any atom is 0.225 e. The summed E-state index contributed by atoms with van der Waals surface area (Å²) in [7, 11) is 0. The van der Waals surface area contributed by atoms with Crippen molar-refractivity contribution in [2.45, 2.75) is 85.2 Å². The zero-order valence-electron chi connectivity index (χ0n) is 15.5. The maximum atomic E-state index is 12.5. The van der Waals surface area contributed by atoms with Crippen molar-refractivity contribution in [1.29, 1.82) is 0 Å². The van der Waals surface area contributed by atoms with Crippen molar-refractivity contribution in [3.63, 3.8) is 0 Å². The molecule has 0 bridgehead atoms. The Kier molecular flexibility index (Phi) is 5.74. The van der Waals surface area contributed by atoms with Crippen molar-refractivity contribution in [2.75, 3.05) is 6.54 Å². The second kappa shape index (κ2) is 7.23. The van der Waals surface area contributed by atoms with Gasteiger partial charge in [-0.15, -0.1) is 0 Å². The fraction of sp³-hybridized carbons (Fsp3) is 0.895. The number of nitrogens with zero attached hydrogens (tertiary/aromatic N) is 1. The minimum Gasteiger partial charge on any atom is -0.353 e. The Morgan fingerprint density at radius 3 is 2.35 bits per heavy atom. The SMILES string of the molecule is CCC(C)(C)C1CCC(NC(=O)[C@@H]2CC(=O)N(C(C)C)C2)CC1. The summed E-state index contributed by atoms with van der Waals surface area (Å²) in [4.78, 5) is 26.3. The van der Waals surface area contributed by atoms with Crippen molar-refractivity contribution in [3.05, 3.63) is 0 Å². The van der Waals surface area contributed by atoms with E-state index in [1.807, 2.05) is 18.7 Å². The van der Waals surface area contributed by atoms with Crippen molar-refractivity contribution in [2.24, 2.45) is 17.3 Å². The molecular formula is C19H34N2O2. The molecule has 1 aliphatic heterocycles. The molecule has 23 heavy (non-hydrogen) atoms. The van der Waals surface area contributed by atoms with Crippen LogP contribution in [0.25, 0.3) is 0 Å². The zero-order chi connectivity index (χ0) is 17.2. The van der Waals surface area contributed by atoms with Crippen LogP contribution in [0.3, 0.4) is 0 Å². The van der Waals surface area contributed by atoms with Crippen LogP contribution in [0.1, 0.15) is 73.1 Å². The Labute approximate surface area is 141 Å². The van der Waals surface area contributed by atoms with Crippen LogP contribution in [0.5, 0.6) is 0 Å². The van der Waals surface area contributed by atoms with Gasteiger partial charge in [0.05, 0.1) is 5.92 Å². The number of rotatable bonds is 5. The Balaban J connectivity index is 1.81. The lowest BCUT2D eigenvalue weighted by molar-refractivity contribution is -0.130. The molecule has 0 spiro atoms. The van der Waals surface area contributed by atoms with Gasteiger partial charge in [-0.25, -0.2) is 0 Å². The van der Waals surface area contributed by atoms with E-state index in [0.29, 0.717) is 24.4 Å². The van der Waals surface area contributed by atoms with Crippen LogP contribution in [-0.2, 0) is 9.59 Å². The third-order valence-electron chi connectivity index (χ3n) is 6.24. The fourth-order valence-electron chi connectivity index (χ4n) is 4.03. The van der Waals surface area contributed by atoms with E-state index in [1.165, 1.54) is 19.3 Å². The van der Waals surface area contributed by atoms with Crippen molar-refractivity contribution in [3.8, 4) is 0 Å². The van der Waals surface area contributed by atoms with Gasteiger partial charge in [0.2, 0.25) is 11.8 Å². The highest BCUT2D eigenvalue weighted by Gasteiger charge is 2.37. The van der Waals surface area contributed by atoms with Crippen LogP contribution in [0.15, 0.2) is 0 Å². The third kappa shape index (κ3) is 4.27. The van der Waals surface area contributed by atoms with E-state index in [1.54, 1.807) is 0 Å². The minimum atomic E-state index is -0.158. The highest BCUT2D eigenvalue weighted by Crippen LogP contribution is 2.40. The van der Waals surface area contributed by atoms with Gasteiger partial charge < -0.3 is 10.2 Å². The van der Waals surface area contributed by atoms with E-state index in [2.05, 4.69) is 26.1 Å². The normalized spacial score (nSPS) is 29.2. The monoisotopic (exact) mass is 322 g/mol. The topological polar surface area (TPSA) is 49.4 Å². The molecule has 0 aromatic heterocycles. The number of amides is 2. The number of hydrogen-bond acceptors (Lipinski definition) is 2. The van der Waals surface area contributed by atoms with Gasteiger partial charge in [-0.3, -0.25) is 9.59 Å². The van der Waals surface area contributed by atoms with Gasteiger partial charge in [0.15, 0.2) is 0 Å². The van der Waals surface area contributed by atoms with E-state index in [0.717, 1.165) is 18.8 Å². The molecule has 0 unspecified atom stereocenters. The van der Waals surface area contributed by atoms with Gasteiger partial charge in [-0.05, 0) is 50.9 Å². The number of hydrogen-bond donors (Lipinski definition) is 1. The molecule has 1 heterocycles. The highest BCUT2D eigenvalue weighted by atomic mass is 16.2. The molecule has 1 aliphatic carbocycles. The molecule has 2 rings (SSSR count). The van der Waals surface area contributed by atoms with Crippen LogP contribution >= 0.6 is 0 Å². The molecule has 2 aliphatic rings. The Morgan fingerprint density at radius 2 is 1.87 bits per heavy atom. The summed E-state index contributed by atoms with van der Waals surface area (Å²) in [5.41, 5.74) is 0.407. The van der Waals surface area contributed by atoms with Crippen molar-refractivity contribution < 1.29 is 9.59 Å². The number of carbonyl (C=O) groups is 2. The summed E-state index contributed by atoms with van der Waals surface area (Å²) in [6.07, 6.45) is 6.15. The molecule has 4 heteroatoms. The molecule has 2 amide bonds. The first-order valence-corrected chi connectivity index (χ1v) is 9.34. The molecule has 0 aromatic carbocycles. The smallest absolute Gasteiger partial charge is 0.225 e. The van der Waals surface area contributed by atoms with E-state index in [4.69, 9.17) is 0 Å². The van der Waals surface area contributed by atoms with Crippen LogP contribution in [0.4, 0.5) is 0 Å². The summed E-state index contributed by atoms with van der Waals surface area (Å²) >= 11 is 0. The zero-order valence-corrected chi connectivity index (χ0v) is 15.5. The first kappa shape index (κ1) is 18.3. The third-order valence-corrected chi connectivity index (χ3v) is 6.24. The van der Waals surface area contributed by atoms with Crippen molar-refractivity contribution >= 4 is 11.8 Å². The highest BCUT2D eigenvalue weighted by molar-refractivity contribution is 5.89. The van der Waals surface area contributed by atoms with Crippen molar-refractivity contribution in [1.82, 2.24) is 10.2 Å². The summed E-state index contributed by atoms with van der Waals surface area (Å²) < 4.78 is 0. The lowest BCUT2D eigenvalue weighted by atomic mass is 9.69. The van der Waals surface area contributed by atoms with Gasteiger partial charge in [0.1, 0.15) is 0 Å². The minimum absolute atomic E-state index is 0.0831. The molecule has 1 N–H and O–H groups in total. The Morgan fingerprint density at radius 1 is 1.26 bits per heavy atom. The van der Waals surface area contributed by atoms with Gasteiger partial charge in [-0.1, -0.05) is 27.2 Å². The number of likely N-dealkylation sites (tertiary alicyclic amines) is 1. The quantitative estimate of drug-likeness (QED) is 0.844. The second-order valence-corrected chi connectivity index (χ2v) is 8.44. The number of carbonyl (C=O) groups excluding carboxylic acids is 2. The summed E-state index contributed by atoms with van der Waals surface area (Å²) in [6.45, 7) is 11.6. The molecular weight excluding hydrogens is 288 g/mol. The lowest BCUT2D eigenvalue weighted by Gasteiger charge is -2.39. The molecule has 1 atom stereocenters. The summed E-state index contributed by atoms with van der Waals surface area (Å²) in [5.74, 6) is 0.813. The number of nitrogens with one attached hydrogen (secondary N) is 1. The Bertz CT molecular complexity index is 437. The van der Waals surface area contributed by atoms with E-state index in [9.17, 15) is 9.59 Å². The van der Waals surface area contributed by atoms with E-state index >= 15 is 0 Å². The summed E-state index contributed by atoms with van der Waals surface area (Å²) in [5, 5.41) is 3.21. The standard InChI is InChI=1S/C19H34N2O2/c1-6-19(4,5)15-7-9-16(10-8-15)20-18(23)14-11-17(22)21(12-14)13(2)3/h13-16H,6-12H2,1-5H3,(H,20,23)/t14-,15?,16?/m1/s1. The molecule has 4 nitrogen and oxygen atoms in total. The van der Waals surface area contributed by atoms with Crippen LogP contribution in [-0.4, -0.2) is 35.3 Å². The maximum absolute atomic E-state index is 12.5. The fourth-order valence-corrected chi connectivity index (χ4v) is 4.03. The lowest BCUT2D eigenvalue weighted by Crippen LogP contribution is -2.43. The molecule has 1 saturated carbocycles. The molecule has 1 saturated heterocycles. The largest absolute Gasteiger partial charge is 0.353 e. The molecule has 132 valence electrons. The average molecular weight is 322 g/mol. The van der Waals surface area contributed by atoms with Gasteiger partial charge in [0, 0.05) is 25.0 Å². The van der Waals surface area contributed by atoms with Gasteiger partial charge >= 0.3 is 0 Å². The summed E-state index contributed by atoms with van der Waals surface area (Å²) in [6, 6.07) is 0.488.